The van der Waals surface area contributed by atoms with Crippen LogP contribution in [0.5, 0.6) is 0 Å². The molecule has 1 atom stereocenters. The molecule has 0 rings (SSSR count). The fraction of sp³-hybridized carbons (Fsp3) is 0.778. The Labute approximate surface area is 89.3 Å². The molecule has 1 unspecified atom stereocenters. The molecule has 0 bridgehead atoms. The molecule has 0 heterocycles. The standard InChI is InChI=1S/C9H18N2O4/c1-4-15-8(12)5-10-9(13)11-7(2)6-14-3/h7H,4-6H2,1-3H3,(H2,10,11,13). The number of urea groups is 1. The molecule has 2 N–H and O–H groups in total. The first-order valence-electron chi connectivity index (χ1n) is 4.79. The van der Waals surface area contributed by atoms with E-state index in [0.29, 0.717) is 13.2 Å². The Hall–Kier alpha value is -1.30. The van der Waals surface area contributed by atoms with E-state index in [1.54, 1.807) is 21.0 Å². The quantitative estimate of drug-likeness (QED) is 0.609. The van der Waals surface area contributed by atoms with E-state index in [4.69, 9.17) is 4.74 Å². The van der Waals surface area contributed by atoms with Gasteiger partial charge in [0, 0.05) is 7.11 Å². The second kappa shape index (κ2) is 8.05. The number of hydrogen-bond donors (Lipinski definition) is 2. The number of ether oxygens (including phenoxy) is 2. The van der Waals surface area contributed by atoms with E-state index in [0.717, 1.165) is 0 Å². The van der Waals surface area contributed by atoms with E-state index < -0.39 is 12.0 Å². The van der Waals surface area contributed by atoms with Crippen LogP contribution in [-0.4, -0.2) is 44.9 Å². The molecule has 0 aromatic rings. The van der Waals surface area contributed by atoms with Crippen molar-refractivity contribution in [2.75, 3.05) is 26.9 Å². The molecule has 2 amide bonds. The maximum Gasteiger partial charge on any atom is 0.325 e. The van der Waals surface area contributed by atoms with Gasteiger partial charge in [-0.1, -0.05) is 0 Å². The second-order valence-electron chi connectivity index (χ2n) is 2.99. The Morgan fingerprint density at radius 2 is 2.07 bits per heavy atom. The van der Waals surface area contributed by atoms with Gasteiger partial charge in [0.2, 0.25) is 0 Å². The summed E-state index contributed by atoms with van der Waals surface area (Å²) in [7, 11) is 1.55. The lowest BCUT2D eigenvalue weighted by Crippen LogP contribution is -2.44. The van der Waals surface area contributed by atoms with Crippen LogP contribution < -0.4 is 10.6 Å². The van der Waals surface area contributed by atoms with E-state index in [1.807, 2.05) is 0 Å². The van der Waals surface area contributed by atoms with Crippen molar-refractivity contribution in [3.05, 3.63) is 0 Å². The molecule has 0 radical (unpaired) electrons. The van der Waals surface area contributed by atoms with E-state index >= 15 is 0 Å². The monoisotopic (exact) mass is 218 g/mol. The number of carbonyl (C=O) groups excluding carboxylic acids is 2. The van der Waals surface area contributed by atoms with Crippen LogP contribution in [-0.2, 0) is 14.3 Å². The number of rotatable bonds is 6. The van der Waals surface area contributed by atoms with Crippen molar-refractivity contribution < 1.29 is 19.1 Å². The smallest absolute Gasteiger partial charge is 0.325 e. The molecule has 0 spiro atoms. The minimum atomic E-state index is -0.452. The predicted octanol–water partition coefficient (Wildman–Crippen LogP) is -0.116. The van der Waals surface area contributed by atoms with Crippen LogP contribution >= 0.6 is 0 Å². The summed E-state index contributed by atoms with van der Waals surface area (Å²) in [5.74, 6) is -0.452. The van der Waals surface area contributed by atoms with E-state index in [-0.39, 0.29) is 12.6 Å². The molecular weight excluding hydrogens is 200 g/mol. The van der Waals surface area contributed by atoms with Gasteiger partial charge in [-0.3, -0.25) is 4.79 Å². The lowest BCUT2D eigenvalue weighted by atomic mass is 10.4. The van der Waals surface area contributed by atoms with Crippen LogP contribution in [0, 0.1) is 0 Å². The largest absolute Gasteiger partial charge is 0.465 e. The molecule has 0 saturated carbocycles. The molecule has 0 saturated heterocycles. The molecule has 15 heavy (non-hydrogen) atoms. The number of nitrogens with one attached hydrogen (secondary N) is 2. The molecule has 0 fully saturated rings. The summed E-state index contributed by atoms with van der Waals surface area (Å²) < 4.78 is 9.47. The third-order valence-corrected chi connectivity index (χ3v) is 1.49. The molecule has 0 aliphatic rings. The van der Waals surface area contributed by atoms with Crippen LogP contribution in [0.3, 0.4) is 0 Å². The highest BCUT2D eigenvalue weighted by Crippen LogP contribution is 1.82. The first-order chi connectivity index (χ1) is 7.10. The Morgan fingerprint density at radius 3 is 2.60 bits per heavy atom. The number of esters is 1. The third kappa shape index (κ3) is 7.75. The van der Waals surface area contributed by atoms with Crippen LogP contribution in [0.25, 0.3) is 0 Å². The van der Waals surface area contributed by atoms with Gasteiger partial charge < -0.3 is 20.1 Å². The molecule has 6 nitrogen and oxygen atoms in total. The van der Waals surface area contributed by atoms with Crippen LogP contribution in [0.15, 0.2) is 0 Å². The lowest BCUT2D eigenvalue weighted by molar-refractivity contribution is -0.141. The second-order valence-corrected chi connectivity index (χ2v) is 2.99. The van der Waals surface area contributed by atoms with E-state index in [2.05, 4.69) is 15.4 Å². The molecule has 0 aliphatic heterocycles. The van der Waals surface area contributed by atoms with E-state index in [1.165, 1.54) is 0 Å². The predicted molar refractivity (Wildman–Crippen MR) is 54.5 cm³/mol. The molecule has 88 valence electrons. The minimum Gasteiger partial charge on any atom is -0.465 e. The van der Waals surface area contributed by atoms with Crippen molar-refractivity contribution >= 4 is 12.0 Å². The average Bonchev–Trinajstić information content (AvgIpc) is 2.15. The maximum atomic E-state index is 11.2. The van der Waals surface area contributed by atoms with Crippen LogP contribution in [0.4, 0.5) is 4.79 Å². The fourth-order valence-electron chi connectivity index (χ4n) is 0.931. The SMILES string of the molecule is CCOC(=O)CNC(=O)NC(C)COC. The summed E-state index contributed by atoms with van der Waals surface area (Å²) in [6.45, 7) is 4.11. The van der Waals surface area contributed by atoms with Crippen LogP contribution in [0.1, 0.15) is 13.8 Å². The molecule has 0 aliphatic carbocycles. The molecule has 0 aromatic carbocycles. The van der Waals surface area contributed by atoms with Crippen molar-refractivity contribution in [2.45, 2.75) is 19.9 Å². The topological polar surface area (TPSA) is 76.7 Å². The Kier molecular flexibility index (Phi) is 7.35. The highest BCUT2D eigenvalue weighted by molar-refractivity contribution is 5.80. The zero-order chi connectivity index (χ0) is 11.7. The Balaban J connectivity index is 3.61. The normalized spacial score (nSPS) is 11.7. The van der Waals surface area contributed by atoms with E-state index in [9.17, 15) is 9.59 Å². The fourth-order valence-corrected chi connectivity index (χ4v) is 0.931. The summed E-state index contributed by atoms with van der Waals surface area (Å²) in [6.07, 6.45) is 0. The van der Waals surface area contributed by atoms with Gasteiger partial charge in [0.1, 0.15) is 6.54 Å². The highest BCUT2D eigenvalue weighted by Gasteiger charge is 2.08. The van der Waals surface area contributed by atoms with Crippen molar-refractivity contribution in [3.63, 3.8) is 0 Å². The van der Waals surface area contributed by atoms with Crippen molar-refractivity contribution in [1.29, 1.82) is 0 Å². The summed E-state index contributed by atoms with van der Waals surface area (Å²) in [4.78, 5) is 22.0. The van der Waals surface area contributed by atoms with Gasteiger partial charge in [-0.25, -0.2) is 4.79 Å². The van der Waals surface area contributed by atoms with Crippen molar-refractivity contribution in [2.24, 2.45) is 0 Å². The van der Waals surface area contributed by atoms with Gasteiger partial charge in [-0.15, -0.1) is 0 Å². The summed E-state index contributed by atoms with van der Waals surface area (Å²) in [6, 6.07) is -0.509. The maximum absolute atomic E-state index is 11.2. The number of carbonyl (C=O) groups is 2. The van der Waals surface area contributed by atoms with Gasteiger partial charge >= 0.3 is 12.0 Å². The summed E-state index contributed by atoms with van der Waals surface area (Å²) >= 11 is 0. The third-order valence-electron chi connectivity index (χ3n) is 1.49. The van der Waals surface area contributed by atoms with Gasteiger partial charge in [-0.2, -0.15) is 0 Å². The lowest BCUT2D eigenvalue weighted by Gasteiger charge is -2.13. The minimum absolute atomic E-state index is 0.0998. The van der Waals surface area contributed by atoms with Gasteiger partial charge in [0.05, 0.1) is 19.3 Å². The number of hydrogen-bond acceptors (Lipinski definition) is 4. The summed E-state index contributed by atoms with van der Waals surface area (Å²) in [5.41, 5.74) is 0. The molecular formula is C9H18N2O4. The first kappa shape index (κ1) is 13.7. The zero-order valence-corrected chi connectivity index (χ0v) is 9.33. The molecule has 0 aromatic heterocycles. The number of amides is 2. The molecule has 6 heteroatoms. The Bertz CT molecular complexity index is 208. The van der Waals surface area contributed by atoms with Crippen molar-refractivity contribution in [3.8, 4) is 0 Å². The van der Waals surface area contributed by atoms with Crippen LogP contribution in [0.2, 0.25) is 0 Å². The zero-order valence-electron chi connectivity index (χ0n) is 9.33. The van der Waals surface area contributed by atoms with Gasteiger partial charge in [0.15, 0.2) is 0 Å². The van der Waals surface area contributed by atoms with Gasteiger partial charge in [0.25, 0.3) is 0 Å². The number of methoxy groups -OCH3 is 1. The summed E-state index contributed by atoms with van der Waals surface area (Å²) in [5, 5.41) is 4.97. The Morgan fingerprint density at radius 1 is 1.40 bits per heavy atom. The highest BCUT2D eigenvalue weighted by atomic mass is 16.5. The van der Waals surface area contributed by atoms with Gasteiger partial charge in [-0.05, 0) is 13.8 Å². The first-order valence-corrected chi connectivity index (χ1v) is 4.79. The van der Waals surface area contributed by atoms with Crippen molar-refractivity contribution in [1.82, 2.24) is 10.6 Å². The average molecular weight is 218 g/mol.